The Labute approximate surface area is 207 Å². The molecule has 188 valence electrons. The van der Waals surface area contributed by atoms with Gasteiger partial charge in [-0.05, 0) is 72.9 Å². The maximum absolute atomic E-state index is 12.7. The molecule has 0 aromatic heterocycles. The monoisotopic (exact) mass is 499 g/mol. The normalized spacial score (nSPS) is 16.3. The number of sulfone groups is 1. The highest BCUT2D eigenvalue weighted by Crippen LogP contribution is 2.34. The van der Waals surface area contributed by atoms with Crippen molar-refractivity contribution in [3.8, 4) is 11.5 Å². The number of ether oxygens (including phenoxy) is 3. The average Bonchev–Trinajstić information content (AvgIpc) is 3.66. The summed E-state index contributed by atoms with van der Waals surface area (Å²) < 4.78 is 41.7. The third kappa shape index (κ3) is 7.24. The van der Waals surface area contributed by atoms with Gasteiger partial charge in [0.15, 0.2) is 9.84 Å². The molecule has 1 fully saturated rings. The minimum Gasteiger partial charge on any atom is -0.495 e. The summed E-state index contributed by atoms with van der Waals surface area (Å²) in [6.45, 7) is 2.88. The minimum absolute atomic E-state index is 0.0980. The molecule has 1 N–H and O–H groups in total. The van der Waals surface area contributed by atoms with Crippen LogP contribution in [0.4, 0.5) is 10.5 Å². The topological polar surface area (TPSA) is 90.9 Å². The van der Waals surface area contributed by atoms with Crippen molar-refractivity contribution in [2.24, 2.45) is 5.92 Å². The van der Waals surface area contributed by atoms with Crippen molar-refractivity contribution in [3.05, 3.63) is 65.2 Å². The van der Waals surface area contributed by atoms with Gasteiger partial charge in [-0.15, -0.1) is 0 Å². The van der Waals surface area contributed by atoms with E-state index in [1.165, 1.54) is 12.8 Å². The van der Waals surface area contributed by atoms with Crippen LogP contribution in [0.5, 0.6) is 11.5 Å². The van der Waals surface area contributed by atoms with E-state index in [9.17, 15) is 13.2 Å². The molecule has 2 aromatic rings. The molecule has 0 unspecified atom stereocenters. The van der Waals surface area contributed by atoms with Crippen LogP contribution >= 0.6 is 0 Å². The van der Waals surface area contributed by atoms with Gasteiger partial charge >= 0.3 is 6.09 Å². The van der Waals surface area contributed by atoms with Crippen LogP contribution in [0.2, 0.25) is 0 Å². The predicted molar refractivity (Wildman–Crippen MR) is 136 cm³/mol. The molecule has 4 rings (SSSR count). The Bertz CT molecular complexity index is 1170. The summed E-state index contributed by atoms with van der Waals surface area (Å²) in [5.41, 5.74) is 3.47. The van der Waals surface area contributed by atoms with E-state index in [0.717, 1.165) is 29.0 Å². The first-order valence-corrected chi connectivity index (χ1v) is 13.9. The number of amides is 1. The van der Waals surface area contributed by atoms with Crippen LogP contribution in [0.25, 0.3) is 0 Å². The standard InChI is InChI=1S/C27H33NO6S/c1-19(22-8-6-9-24(15-22)33-16-20-10-11-20)18-35(30,31)12-5-3-4-7-21-13-23-17-34-27(29)28-26(23)25(14-21)32-2/h3-4,6,8-9,13-15,19-20H,5,7,10-12,16-18H2,1-2H3,(H,28,29)/b4-3+/t19-/m0/s1. The summed E-state index contributed by atoms with van der Waals surface area (Å²) in [6, 6.07) is 11.6. The highest BCUT2D eigenvalue weighted by molar-refractivity contribution is 7.91. The summed E-state index contributed by atoms with van der Waals surface area (Å²) in [5.74, 6) is 2.20. The number of fused-ring (bicyclic) bond motifs is 1. The van der Waals surface area contributed by atoms with Crippen LogP contribution in [0.1, 0.15) is 48.8 Å². The molecule has 1 aliphatic carbocycles. The van der Waals surface area contributed by atoms with E-state index in [-0.39, 0.29) is 24.0 Å². The number of carbonyl (C=O) groups excluding carboxylic acids is 1. The van der Waals surface area contributed by atoms with Crippen molar-refractivity contribution >= 4 is 21.6 Å². The van der Waals surface area contributed by atoms with Gasteiger partial charge in [0.2, 0.25) is 0 Å². The van der Waals surface area contributed by atoms with Gasteiger partial charge < -0.3 is 14.2 Å². The van der Waals surface area contributed by atoms with E-state index in [1.807, 2.05) is 55.5 Å². The fourth-order valence-corrected chi connectivity index (χ4v) is 5.72. The Morgan fingerprint density at radius 2 is 2.03 bits per heavy atom. The maximum Gasteiger partial charge on any atom is 0.412 e. The smallest absolute Gasteiger partial charge is 0.412 e. The highest BCUT2D eigenvalue weighted by Gasteiger charge is 2.23. The van der Waals surface area contributed by atoms with Gasteiger partial charge in [-0.1, -0.05) is 31.2 Å². The molecule has 7 nitrogen and oxygen atoms in total. The van der Waals surface area contributed by atoms with Crippen molar-refractivity contribution < 1.29 is 27.4 Å². The Balaban J connectivity index is 1.26. The average molecular weight is 500 g/mol. The number of hydrogen-bond acceptors (Lipinski definition) is 6. The number of hydrogen-bond donors (Lipinski definition) is 1. The SMILES string of the molecule is COc1cc(C/C=C/CCS(=O)(=O)C[C@H](C)c2cccc(OCC3CC3)c2)cc2c1NC(=O)OC2. The summed E-state index contributed by atoms with van der Waals surface area (Å²) in [4.78, 5) is 11.5. The number of allylic oxidation sites excluding steroid dienone is 2. The van der Waals surface area contributed by atoms with Gasteiger partial charge in [0, 0.05) is 5.56 Å². The predicted octanol–water partition coefficient (Wildman–Crippen LogP) is 5.25. The van der Waals surface area contributed by atoms with E-state index >= 15 is 0 Å². The minimum atomic E-state index is -3.20. The lowest BCUT2D eigenvalue weighted by atomic mass is 10.0. The van der Waals surface area contributed by atoms with Crippen molar-refractivity contribution in [3.63, 3.8) is 0 Å². The largest absolute Gasteiger partial charge is 0.495 e. The van der Waals surface area contributed by atoms with Crippen LogP contribution in [0, 0.1) is 5.92 Å². The van der Waals surface area contributed by atoms with E-state index in [1.54, 1.807) is 7.11 Å². The Kier molecular flexibility index (Phi) is 8.00. The van der Waals surface area contributed by atoms with Crippen molar-refractivity contribution in [2.45, 2.75) is 45.1 Å². The Morgan fingerprint density at radius 1 is 1.20 bits per heavy atom. The van der Waals surface area contributed by atoms with E-state index in [0.29, 0.717) is 30.2 Å². The number of carbonyl (C=O) groups is 1. The molecule has 2 aromatic carbocycles. The first-order valence-electron chi connectivity index (χ1n) is 12.0. The summed E-state index contributed by atoms with van der Waals surface area (Å²) in [7, 11) is -1.64. The number of anilines is 1. The lowest BCUT2D eigenvalue weighted by Gasteiger charge is -2.20. The number of rotatable bonds is 12. The van der Waals surface area contributed by atoms with Crippen LogP contribution in [-0.4, -0.2) is 39.7 Å². The molecule has 1 heterocycles. The first-order chi connectivity index (χ1) is 16.8. The lowest BCUT2D eigenvalue weighted by Crippen LogP contribution is -2.21. The van der Waals surface area contributed by atoms with Crippen LogP contribution in [0.15, 0.2) is 48.6 Å². The molecule has 0 radical (unpaired) electrons. The van der Waals surface area contributed by atoms with Gasteiger partial charge in [-0.25, -0.2) is 13.2 Å². The maximum atomic E-state index is 12.7. The van der Waals surface area contributed by atoms with E-state index in [2.05, 4.69) is 5.32 Å². The molecule has 1 saturated carbocycles. The second-order valence-corrected chi connectivity index (χ2v) is 11.6. The second kappa shape index (κ2) is 11.2. The molecule has 8 heteroatoms. The Morgan fingerprint density at radius 3 is 2.80 bits per heavy atom. The van der Waals surface area contributed by atoms with Crippen molar-refractivity contribution in [1.29, 1.82) is 0 Å². The molecule has 0 spiro atoms. The Hall–Kier alpha value is -3.00. The van der Waals surface area contributed by atoms with Gasteiger partial charge in [0.25, 0.3) is 0 Å². The van der Waals surface area contributed by atoms with Crippen LogP contribution in [-0.2, 0) is 27.6 Å². The molecule has 2 aliphatic rings. The quantitative estimate of drug-likeness (QED) is 0.401. The van der Waals surface area contributed by atoms with Gasteiger partial charge in [0.1, 0.15) is 18.1 Å². The summed E-state index contributed by atoms with van der Waals surface area (Å²) in [5, 5.41) is 2.67. The third-order valence-corrected chi connectivity index (χ3v) is 8.14. The molecule has 1 amide bonds. The van der Waals surface area contributed by atoms with Gasteiger partial charge in [-0.2, -0.15) is 0 Å². The molecule has 35 heavy (non-hydrogen) atoms. The van der Waals surface area contributed by atoms with Gasteiger partial charge in [-0.3, -0.25) is 5.32 Å². The van der Waals surface area contributed by atoms with Crippen molar-refractivity contribution in [1.82, 2.24) is 0 Å². The van der Waals surface area contributed by atoms with Crippen LogP contribution in [0.3, 0.4) is 0 Å². The second-order valence-electron chi connectivity index (χ2n) is 9.34. The molecule has 1 aliphatic heterocycles. The fraction of sp³-hybridized carbons (Fsp3) is 0.444. The van der Waals surface area contributed by atoms with Crippen molar-refractivity contribution in [2.75, 3.05) is 30.5 Å². The number of benzene rings is 2. The third-order valence-electron chi connectivity index (χ3n) is 6.28. The van der Waals surface area contributed by atoms with Crippen LogP contribution < -0.4 is 14.8 Å². The zero-order chi connectivity index (χ0) is 24.8. The van der Waals surface area contributed by atoms with E-state index in [4.69, 9.17) is 14.2 Å². The molecule has 0 bridgehead atoms. The lowest BCUT2D eigenvalue weighted by molar-refractivity contribution is 0.151. The zero-order valence-electron chi connectivity index (χ0n) is 20.3. The first kappa shape index (κ1) is 25.1. The molecular weight excluding hydrogens is 466 g/mol. The molecule has 0 saturated heterocycles. The fourth-order valence-electron chi connectivity index (χ4n) is 4.11. The number of methoxy groups -OCH3 is 1. The number of cyclic esters (lactones) is 1. The van der Waals surface area contributed by atoms with E-state index < -0.39 is 15.9 Å². The summed E-state index contributed by atoms with van der Waals surface area (Å²) in [6.07, 6.45) is 6.93. The summed E-state index contributed by atoms with van der Waals surface area (Å²) >= 11 is 0. The molecule has 1 atom stereocenters. The molecular formula is C27H33NO6S. The van der Waals surface area contributed by atoms with Gasteiger partial charge in [0.05, 0.1) is 30.9 Å². The highest BCUT2D eigenvalue weighted by atomic mass is 32.2. The number of nitrogens with one attached hydrogen (secondary N) is 1. The zero-order valence-corrected chi connectivity index (χ0v) is 21.1.